The molecule has 4 heteroatoms. The summed E-state index contributed by atoms with van der Waals surface area (Å²) < 4.78 is 5.20. The molecule has 1 N–H and O–H groups in total. The van der Waals surface area contributed by atoms with Gasteiger partial charge in [-0.25, -0.2) is 0 Å². The first-order valence-corrected chi connectivity index (χ1v) is 4.97. The largest absolute Gasteiger partial charge is 0.481 e. The molecular formula is C10H8O3S. The van der Waals surface area contributed by atoms with E-state index in [1.165, 1.54) is 11.3 Å². The van der Waals surface area contributed by atoms with Crippen molar-refractivity contribution in [3.63, 3.8) is 0 Å². The Bertz CT molecular complexity index is 428. The van der Waals surface area contributed by atoms with Crippen LogP contribution in [0.25, 0.3) is 10.6 Å². The molecule has 2 aromatic heterocycles. The summed E-state index contributed by atoms with van der Waals surface area (Å²) in [5, 5.41) is 10.4. The zero-order valence-electron chi connectivity index (χ0n) is 7.27. The highest BCUT2D eigenvalue weighted by molar-refractivity contribution is 7.13. The molecule has 0 aliphatic carbocycles. The van der Waals surface area contributed by atoms with Crippen LogP contribution in [0.1, 0.15) is 5.56 Å². The first kappa shape index (κ1) is 9.02. The summed E-state index contributed by atoms with van der Waals surface area (Å²) in [5.41, 5.74) is 0.814. The summed E-state index contributed by atoms with van der Waals surface area (Å²) in [5.74, 6) is -0.0274. The fraction of sp³-hybridized carbons (Fsp3) is 0.100. The number of hydrogen-bond donors (Lipinski definition) is 1. The maximum Gasteiger partial charge on any atom is 0.307 e. The Morgan fingerprint density at radius 2 is 2.43 bits per heavy atom. The second-order valence-electron chi connectivity index (χ2n) is 2.87. The van der Waals surface area contributed by atoms with E-state index < -0.39 is 5.97 Å². The molecule has 0 aliphatic rings. The van der Waals surface area contributed by atoms with Crippen LogP contribution in [0.3, 0.4) is 0 Å². The fourth-order valence-corrected chi connectivity index (χ4v) is 2.07. The van der Waals surface area contributed by atoms with E-state index in [0.29, 0.717) is 0 Å². The number of carboxylic acid groups (broad SMARTS) is 1. The van der Waals surface area contributed by atoms with Crippen LogP contribution in [0, 0.1) is 0 Å². The Morgan fingerprint density at radius 3 is 3.07 bits per heavy atom. The van der Waals surface area contributed by atoms with Crippen molar-refractivity contribution in [2.75, 3.05) is 0 Å². The summed E-state index contributed by atoms with van der Waals surface area (Å²) in [6.45, 7) is 0. The Balaban J connectivity index is 2.22. The zero-order valence-corrected chi connectivity index (χ0v) is 8.08. The lowest BCUT2D eigenvalue weighted by Crippen LogP contribution is -1.97. The minimum Gasteiger partial charge on any atom is -0.481 e. The first-order valence-electron chi connectivity index (χ1n) is 4.09. The van der Waals surface area contributed by atoms with Gasteiger partial charge in [-0.2, -0.15) is 0 Å². The van der Waals surface area contributed by atoms with Gasteiger partial charge in [-0.3, -0.25) is 4.79 Å². The zero-order chi connectivity index (χ0) is 9.97. The lowest BCUT2D eigenvalue weighted by molar-refractivity contribution is -0.136. The van der Waals surface area contributed by atoms with Gasteiger partial charge < -0.3 is 9.52 Å². The van der Waals surface area contributed by atoms with Crippen LogP contribution in [0.2, 0.25) is 0 Å². The lowest BCUT2D eigenvalue weighted by Gasteiger charge is -1.88. The van der Waals surface area contributed by atoms with Crippen LogP contribution in [0.5, 0.6) is 0 Å². The van der Waals surface area contributed by atoms with Crippen molar-refractivity contribution >= 4 is 17.3 Å². The third kappa shape index (κ3) is 1.85. The van der Waals surface area contributed by atoms with Gasteiger partial charge in [-0.1, -0.05) is 0 Å². The standard InChI is InChI=1S/C10H8O3S/c11-10(12)5-7-4-9(14-6-7)8-2-1-3-13-8/h1-4,6H,5H2,(H,11,12). The molecule has 2 rings (SSSR count). The van der Waals surface area contributed by atoms with Gasteiger partial charge in [-0.15, -0.1) is 11.3 Å². The SMILES string of the molecule is O=C(O)Cc1csc(-c2ccco2)c1. The van der Waals surface area contributed by atoms with Gasteiger partial charge in [0.25, 0.3) is 0 Å². The summed E-state index contributed by atoms with van der Waals surface area (Å²) in [6.07, 6.45) is 1.67. The predicted molar refractivity (Wildman–Crippen MR) is 53.4 cm³/mol. The van der Waals surface area contributed by atoms with Gasteiger partial charge in [0.2, 0.25) is 0 Å². The van der Waals surface area contributed by atoms with Crippen LogP contribution in [-0.2, 0) is 11.2 Å². The van der Waals surface area contributed by atoms with Crippen LogP contribution < -0.4 is 0 Å². The molecule has 14 heavy (non-hydrogen) atoms. The van der Waals surface area contributed by atoms with Gasteiger partial charge >= 0.3 is 5.97 Å². The van der Waals surface area contributed by atoms with Gasteiger partial charge in [0.1, 0.15) is 5.76 Å². The second kappa shape index (κ2) is 3.67. The molecule has 72 valence electrons. The number of hydrogen-bond acceptors (Lipinski definition) is 3. The Morgan fingerprint density at radius 1 is 1.57 bits per heavy atom. The third-order valence-corrected chi connectivity index (χ3v) is 2.77. The van der Waals surface area contributed by atoms with Crippen molar-refractivity contribution in [1.29, 1.82) is 0 Å². The molecule has 0 unspecified atom stereocenters. The van der Waals surface area contributed by atoms with E-state index >= 15 is 0 Å². The highest BCUT2D eigenvalue weighted by Crippen LogP contribution is 2.27. The molecule has 0 spiro atoms. The Kier molecular flexibility index (Phi) is 2.37. The van der Waals surface area contributed by atoms with Crippen molar-refractivity contribution in [1.82, 2.24) is 0 Å². The topological polar surface area (TPSA) is 50.4 Å². The van der Waals surface area contributed by atoms with E-state index in [-0.39, 0.29) is 6.42 Å². The second-order valence-corrected chi connectivity index (χ2v) is 3.78. The molecule has 0 atom stereocenters. The van der Waals surface area contributed by atoms with E-state index in [0.717, 1.165) is 16.2 Å². The number of carboxylic acids is 1. The maximum atomic E-state index is 10.4. The first-order chi connectivity index (χ1) is 6.75. The van der Waals surface area contributed by atoms with Crippen LogP contribution in [0.4, 0.5) is 0 Å². The average Bonchev–Trinajstić information content (AvgIpc) is 2.69. The van der Waals surface area contributed by atoms with Crippen LogP contribution in [0.15, 0.2) is 34.3 Å². The lowest BCUT2D eigenvalue weighted by atomic mass is 10.2. The number of furan rings is 1. The van der Waals surface area contributed by atoms with Crippen LogP contribution >= 0.6 is 11.3 Å². The highest BCUT2D eigenvalue weighted by Gasteiger charge is 2.07. The molecule has 0 saturated heterocycles. The van der Waals surface area contributed by atoms with Crippen molar-refractivity contribution in [2.24, 2.45) is 0 Å². The molecule has 0 radical (unpaired) electrons. The van der Waals surface area contributed by atoms with Crippen molar-refractivity contribution in [3.05, 3.63) is 35.4 Å². The number of rotatable bonds is 3. The normalized spacial score (nSPS) is 10.3. The Labute approximate surface area is 84.6 Å². The monoisotopic (exact) mass is 208 g/mol. The molecule has 0 fully saturated rings. The minimum absolute atomic E-state index is 0.0667. The maximum absolute atomic E-state index is 10.4. The number of aliphatic carboxylic acids is 1. The minimum atomic E-state index is -0.811. The molecule has 3 nitrogen and oxygen atoms in total. The van der Waals surface area contributed by atoms with Crippen molar-refractivity contribution < 1.29 is 14.3 Å². The van der Waals surface area contributed by atoms with Crippen molar-refractivity contribution in [2.45, 2.75) is 6.42 Å². The third-order valence-electron chi connectivity index (χ3n) is 1.77. The fourth-order valence-electron chi connectivity index (χ4n) is 1.19. The molecular weight excluding hydrogens is 200 g/mol. The predicted octanol–water partition coefficient (Wildman–Crippen LogP) is 2.64. The smallest absolute Gasteiger partial charge is 0.307 e. The van der Waals surface area contributed by atoms with E-state index in [4.69, 9.17) is 9.52 Å². The van der Waals surface area contributed by atoms with Gasteiger partial charge in [0.05, 0.1) is 17.6 Å². The van der Waals surface area contributed by atoms with E-state index in [1.54, 1.807) is 6.26 Å². The molecule has 0 aromatic carbocycles. The van der Waals surface area contributed by atoms with E-state index in [9.17, 15) is 4.79 Å². The Hall–Kier alpha value is -1.55. The number of carbonyl (C=O) groups is 1. The molecule has 2 aromatic rings. The molecule has 0 amide bonds. The summed E-state index contributed by atoms with van der Waals surface area (Å²) in [4.78, 5) is 11.4. The summed E-state index contributed by atoms with van der Waals surface area (Å²) in [7, 11) is 0. The average molecular weight is 208 g/mol. The summed E-state index contributed by atoms with van der Waals surface area (Å²) >= 11 is 1.49. The molecule has 0 saturated carbocycles. The van der Waals surface area contributed by atoms with E-state index in [1.807, 2.05) is 23.6 Å². The van der Waals surface area contributed by atoms with E-state index in [2.05, 4.69) is 0 Å². The summed E-state index contributed by atoms with van der Waals surface area (Å²) in [6, 6.07) is 5.51. The van der Waals surface area contributed by atoms with Crippen molar-refractivity contribution in [3.8, 4) is 10.6 Å². The van der Waals surface area contributed by atoms with Gasteiger partial charge in [0, 0.05) is 0 Å². The van der Waals surface area contributed by atoms with Crippen LogP contribution in [-0.4, -0.2) is 11.1 Å². The molecule has 0 aliphatic heterocycles. The van der Waals surface area contributed by atoms with Gasteiger partial charge in [-0.05, 0) is 29.1 Å². The molecule has 2 heterocycles. The highest BCUT2D eigenvalue weighted by atomic mass is 32.1. The quantitative estimate of drug-likeness (QED) is 0.843. The molecule has 0 bridgehead atoms. The number of thiophene rings is 1. The van der Waals surface area contributed by atoms with Gasteiger partial charge in [0.15, 0.2) is 0 Å².